The molecule has 1 saturated heterocycles. The number of ether oxygens (including phenoxy) is 2. The molecule has 4 aliphatic carbocycles. The molecule has 0 amide bonds. The first-order valence-electron chi connectivity index (χ1n) is 14.0. The molecule has 5 heteroatoms. The zero-order valence-corrected chi connectivity index (χ0v) is 22.7. The van der Waals surface area contributed by atoms with Gasteiger partial charge in [0.2, 0.25) is 0 Å². The summed E-state index contributed by atoms with van der Waals surface area (Å²) in [5, 5.41) is 0. The lowest BCUT2D eigenvalue weighted by Gasteiger charge is -2.51. The Hall–Kier alpha value is -1.49. The van der Waals surface area contributed by atoms with Gasteiger partial charge in [-0.3, -0.25) is 14.4 Å². The lowest BCUT2D eigenvalue weighted by molar-refractivity contribution is -0.150. The van der Waals surface area contributed by atoms with Crippen molar-refractivity contribution in [2.45, 2.75) is 118 Å². The van der Waals surface area contributed by atoms with Crippen LogP contribution in [-0.2, 0) is 23.9 Å². The molecule has 5 aliphatic rings. The predicted octanol–water partition coefficient (Wildman–Crippen LogP) is 5.84. The number of Topliss-reactive ketones (excluding diaryl/α,β-unsaturated/α-hetero) is 2. The number of hydrogen-bond donors (Lipinski definition) is 0. The number of carbonyl (C=O) groups is 3. The Balaban J connectivity index is 1.41. The standard InChI is InChI=1S/C30H44O5/c1-16(2)17(3)14-20-8-9-22(18(20)4)28(6)12-11-23-24(26(28)33)25(32)27-30(35-27)15-21(34-19(5)31)10-13-29(23,30)7/h16-18,20-22,27H,8-15H2,1-7H3/t17-,18+,20+,21-,22+,27-,28+,29+,30-/m0/s1. The van der Waals surface area contributed by atoms with E-state index in [9.17, 15) is 14.4 Å². The van der Waals surface area contributed by atoms with Gasteiger partial charge in [-0.2, -0.15) is 0 Å². The van der Waals surface area contributed by atoms with Gasteiger partial charge in [-0.25, -0.2) is 0 Å². The number of fused-ring (bicyclic) bond motifs is 1. The second kappa shape index (κ2) is 8.26. The molecule has 5 nitrogen and oxygen atoms in total. The zero-order valence-electron chi connectivity index (χ0n) is 22.7. The Morgan fingerprint density at radius 2 is 1.83 bits per heavy atom. The van der Waals surface area contributed by atoms with Crippen LogP contribution in [0.4, 0.5) is 0 Å². The van der Waals surface area contributed by atoms with Crippen molar-refractivity contribution in [3.05, 3.63) is 11.1 Å². The van der Waals surface area contributed by atoms with Crippen LogP contribution in [0.3, 0.4) is 0 Å². The molecule has 0 unspecified atom stereocenters. The zero-order chi connectivity index (χ0) is 25.5. The number of hydrogen-bond acceptors (Lipinski definition) is 5. The number of epoxide rings is 1. The van der Waals surface area contributed by atoms with E-state index in [1.54, 1.807) is 0 Å². The molecule has 35 heavy (non-hydrogen) atoms. The summed E-state index contributed by atoms with van der Waals surface area (Å²) in [6.07, 6.45) is 6.44. The smallest absolute Gasteiger partial charge is 0.302 e. The first-order valence-corrected chi connectivity index (χ1v) is 14.0. The molecular weight excluding hydrogens is 440 g/mol. The Labute approximate surface area is 210 Å². The normalized spacial score (nSPS) is 45.7. The van der Waals surface area contributed by atoms with Gasteiger partial charge in [0.15, 0.2) is 17.7 Å². The van der Waals surface area contributed by atoms with Gasteiger partial charge >= 0.3 is 5.97 Å². The van der Waals surface area contributed by atoms with Crippen LogP contribution in [0.2, 0.25) is 0 Å². The van der Waals surface area contributed by atoms with Crippen molar-refractivity contribution in [3.8, 4) is 0 Å². The molecule has 5 rings (SSSR count). The largest absolute Gasteiger partial charge is 0.462 e. The molecule has 0 aromatic heterocycles. The maximum absolute atomic E-state index is 14.2. The highest BCUT2D eigenvalue weighted by Gasteiger charge is 2.76. The van der Waals surface area contributed by atoms with Gasteiger partial charge in [0, 0.05) is 24.2 Å². The molecule has 0 N–H and O–H groups in total. The van der Waals surface area contributed by atoms with Gasteiger partial charge in [0.05, 0.1) is 5.57 Å². The van der Waals surface area contributed by atoms with E-state index in [1.165, 1.54) is 19.8 Å². The fraction of sp³-hybridized carbons (Fsp3) is 0.833. The third-order valence-electron chi connectivity index (χ3n) is 11.4. The number of carbonyl (C=O) groups excluding carboxylic acids is 3. The fourth-order valence-corrected chi connectivity index (χ4v) is 8.66. The van der Waals surface area contributed by atoms with E-state index >= 15 is 0 Å². The van der Waals surface area contributed by atoms with Gasteiger partial charge in [0.25, 0.3) is 0 Å². The first kappa shape index (κ1) is 25.2. The van der Waals surface area contributed by atoms with Crippen LogP contribution in [0.25, 0.3) is 0 Å². The van der Waals surface area contributed by atoms with Gasteiger partial charge < -0.3 is 9.47 Å². The Bertz CT molecular complexity index is 979. The van der Waals surface area contributed by atoms with Crippen molar-refractivity contribution in [3.63, 3.8) is 0 Å². The van der Waals surface area contributed by atoms with Crippen molar-refractivity contribution in [1.29, 1.82) is 0 Å². The fourth-order valence-electron chi connectivity index (χ4n) is 8.66. The van der Waals surface area contributed by atoms with Gasteiger partial charge in [-0.05, 0) is 80.1 Å². The van der Waals surface area contributed by atoms with E-state index in [0.29, 0.717) is 41.6 Å². The molecule has 1 spiro atoms. The predicted molar refractivity (Wildman–Crippen MR) is 133 cm³/mol. The Morgan fingerprint density at radius 1 is 1.11 bits per heavy atom. The van der Waals surface area contributed by atoms with Crippen LogP contribution < -0.4 is 0 Å². The van der Waals surface area contributed by atoms with Crippen LogP contribution in [-0.4, -0.2) is 35.3 Å². The van der Waals surface area contributed by atoms with Crippen LogP contribution in [0.5, 0.6) is 0 Å². The van der Waals surface area contributed by atoms with Gasteiger partial charge in [-0.1, -0.05) is 41.5 Å². The summed E-state index contributed by atoms with van der Waals surface area (Å²) in [6, 6.07) is 0. The Kier molecular flexibility index (Phi) is 5.94. The summed E-state index contributed by atoms with van der Waals surface area (Å²) in [6.45, 7) is 15.1. The van der Waals surface area contributed by atoms with Crippen LogP contribution in [0.15, 0.2) is 11.1 Å². The average molecular weight is 485 g/mol. The topological polar surface area (TPSA) is 73.0 Å². The summed E-state index contributed by atoms with van der Waals surface area (Å²) < 4.78 is 11.7. The molecule has 0 radical (unpaired) electrons. The van der Waals surface area contributed by atoms with E-state index < -0.39 is 17.1 Å². The summed E-state index contributed by atoms with van der Waals surface area (Å²) in [4.78, 5) is 39.5. The maximum atomic E-state index is 14.2. The quantitative estimate of drug-likeness (QED) is 0.278. The molecule has 0 bridgehead atoms. The van der Waals surface area contributed by atoms with E-state index in [1.807, 2.05) is 0 Å². The second-order valence-electron chi connectivity index (χ2n) is 13.4. The number of ketones is 2. The van der Waals surface area contributed by atoms with Crippen LogP contribution in [0.1, 0.15) is 99.8 Å². The number of rotatable bonds is 5. The molecule has 0 aromatic carbocycles. The third-order valence-corrected chi connectivity index (χ3v) is 11.4. The number of esters is 1. The maximum Gasteiger partial charge on any atom is 0.302 e. The molecule has 194 valence electrons. The summed E-state index contributed by atoms with van der Waals surface area (Å²) in [5.74, 6) is 2.55. The molecular formula is C30H44O5. The van der Waals surface area contributed by atoms with E-state index in [-0.39, 0.29) is 29.1 Å². The van der Waals surface area contributed by atoms with E-state index in [4.69, 9.17) is 9.47 Å². The Morgan fingerprint density at radius 3 is 2.49 bits per heavy atom. The van der Waals surface area contributed by atoms with Crippen molar-refractivity contribution in [1.82, 2.24) is 0 Å². The highest BCUT2D eigenvalue weighted by Crippen LogP contribution is 2.68. The van der Waals surface area contributed by atoms with Crippen molar-refractivity contribution in [2.24, 2.45) is 40.4 Å². The molecule has 2 saturated carbocycles. The highest BCUT2D eigenvalue weighted by atomic mass is 16.6. The second-order valence-corrected chi connectivity index (χ2v) is 13.4. The summed E-state index contributed by atoms with van der Waals surface area (Å²) in [7, 11) is 0. The van der Waals surface area contributed by atoms with E-state index in [2.05, 4.69) is 41.5 Å². The summed E-state index contributed by atoms with van der Waals surface area (Å²) in [5.41, 5.74) is 0.121. The molecule has 1 aliphatic heterocycles. The molecule has 9 atom stereocenters. The van der Waals surface area contributed by atoms with Gasteiger partial charge in [0.1, 0.15) is 11.7 Å². The lowest BCUT2D eigenvalue weighted by atomic mass is 9.51. The van der Waals surface area contributed by atoms with Crippen molar-refractivity contribution < 1.29 is 23.9 Å². The molecule has 3 fully saturated rings. The highest BCUT2D eigenvalue weighted by molar-refractivity contribution is 6.26. The lowest BCUT2D eigenvalue weighted by Crippen LogP contribution is -2.55. The van der Waals surface area contributed by atoms with Crippen molar-refractivity contribution in [2.75, 3.05) is 0 Å². The monoisotopic (exact) mass is 484 g/mol. The molecule has 1 heterocycles. The third kappa shape index (κ3) is 3.54. The molecule has 0 aromatic rings. The first-order chi connectivity index (χ1) is 16.4. The van der Waals surface area contributed by atoms with Crippen LogP contribution in [0, 0.1) is 40.4 Å². The van der Waals surface area contributed by atoms with Crippen molar-refractivity contribution >= 4 is 17.5 Å². The van der Waals surface area contributed by atoms with Gasteiger partial charge in [-0.15, -0.1) is 0 Å². The minimum Gasteiger partial charge on any atom is -0.462 e. The minimum absolute atomic E-state index is 0.0885. The average Bonchev–Trinajstić information content (AvgIpc) is 3.40. The SMILES string of the molecule is CC(=O)O[C@H]1CC[C@]2(C)C3=C(C(=O)[C@@H]4O[C@@]42C1)C(=O)[C@@](C)([C@@H]1CC[C@H](C[C@H](C)C(C)C)[C@H]1C)CC3. The van der Waals surface area contributed by atoms with Crippen LogP contribution >= 0.6 is 0 Å². The minimum atomic E-state index is -0.603. The summed E-state index contributed by atoms with van der Waals surface area (Å²) >= 11 is 0. The van der Waals surface area contributed by atoms with E-state index in [0.717, 1.165) is 37.7 Å².